The minimum absolute atomic E-state index is 0.0199. The fourth-order valence-electron chi connectivity index (χ4n) is 4.16. The van der Waals surface area contributed by atoms with Crippen LogP contribution in [-0.4, -0.2) is 31.5 Å². The number of fused-ring (bicyclic) bond motifs is 1. The molecule has 1 N–H and O–H groups in total. The van der Waals surface area contributed by atoms with Gasteiger partial charge < -0.3 is 10.1 Å². The third kappa shape index (κ3) is 5.21. The number of carbonyl (C=O) groups excluding carboxylic acids is 2. The first-order valence-electron chi connectivity index (χ1n) is 10.9. The van der Waals surface area contributed by atoms with Crippen molar-refractivity contribution in [3.63, 3.8) is 0 Å². The lowest BCUT2D eigenvalue weighted by atomic mass is 9.87. The molecule has 0 unspecified atom stereocenters. The van der Waals surface area contributed by atoms with Crippen LogP contribution in [0.5, 0.6) is 5.75 Å². The SMILES string of the molecule is COc1ccc(/C=C2/Sc3ccccc3N(CC(=O)NC3CCC(C)CC3)C2=O)cc1Br. The van der Waals surface area contributed by atoms with Gasteiger partial charge in [0.1, 0.15) is 12.3 Å². The Balaban J connectivity index is 1.55. The molecule has 2 aliphatic rings. The van der Waals surface area contributed by atoms with Crippen LogP contribution < -0.4 is 15.0 Å². The van der Waals surface area contributed by atoms with Crippen molar-refractivity contribution in [1.82, 2.24) is 5.32 Å². The van der Waals surface area contributed by atoms with Gasteiger partial charge in [-0.2, -0.15) is 0 Å². The van der Waals surface area contributed by atoms with E-state index in [1.807, 2.05) is 48.5 Å². The van der Waals surface area contributed by atoms with Crippen molar-refractivity contribution < 1.29 is 14.3 Å². The summed E-state index contributed by atoms with van der Waals surface area (Å²) in [6.07, 6.45) is 6.14. The second kappa shape index (κ2) is 10.1. The van der Waals surface area contributed by atoms with Gasteiger partial charge in [0.15, 0.2) is 0 Å². The van der Waals surface area contributed by atoms with Crippen LogP contribution in [0.3, 0.4) is 0 Å². The van der Waals surface area contributed by atoms with Crippen molar-refractivity contribution in [3.05, 3.63) is 57.4 Å². The van der Waals surface area contributed by atoms with Gasteiger partial charge in [-0.1, -0.05) is 36.9 Å². The Bertz CT molecular complexity index is 1050. The van der Waals surface area contributed by atoms with Crippen molar-refractivity contribution >= 4 is 51.3 Å². The standard InChI is InChI=1S/C25H27BrN2O3S/c1-16-7-10-18(11-8-16)27-24(29)15-28-20-5-3-4-6-22(20)32-23(25(28)30)14-17-9-12-21(31-2)19(26)13-17/h3-6,9,12-14,16,18H,7-8,10-11,15H2,1-2H3,(H,27,29)/b23-14+. The summed E-state index contributed by atoms with van der Waals surface area (Å²) in [5, 5.41) is 3.14. The normalized spacial score (nSPS) is 21.9. The van der Waals surface area contributed by atoms with Crippen LogP contribution >= 0.6 is 27.7 Å². The number of nitrogens with zero attached hydrogens (tertiary/aromatic N) is 1. The fourth-order valence-corrected chi connectivity index (χ4v) is 5.78. The molecule has 0 spiro atoms. The van der Waals surface area contributed by atoms with E-state index in [0.29, 0.717) is 4.91 Å². The van der Waals surface area contributed by atoms with E-state index in [1.165, 1.54) is 11.8 Å². The van der Waals surface area contributed by atoms with E-state index in [1.54, 1.807) is 12.0 Å². The number of para-hydroxylation sites is 1. The van der Waals surface area contributed by atoms with Gasteiger partial charge in [-0.05, 0) is 83.4 Å². The second-order valence-electron chi connectivity index (χ2n) is 8.39. The molecule has 32 heavy (non-hydrogen) atoms. The Kier molecular flexibility index (Phi) is 7.26. The molecule has 0 aromatic heterocycles. The molecule has 2 aromatic carbocycles. The molecule has 2 aromatic rings. The molecule has 0 saturated heterocycles. The van der Waals surface area contributed by atoms with Gasteiger partial charge in [0.05, 0.1) is 22.2 Å². The third-order valence-electron chi connectivity index (χ3n) is 5.99. The Hall–Kier alpha value is -2.25. The Morgan fingerprint density at radius 3 is 2.69 bits per heavy atom. The molecular formula is C25H27BrN2O3S. The van der Waals surface area contributed by atoms with Gasteiger partial charge in [-0.15, -0.1) is 0 Å². The number of amides is 2. The first-order valence-corrected chi connectivity index (χ1v) is 12.5. The van der Waals surface area contributed by atoms with Crippen LogP contribution in [0.1, 0.15) is 38.2 Å². The summed E-state index contributed by atoms with van der Waals surface area (Å²) < 4.78 is 6.11. The molecule has 1 heterocycles. The topological polar surface area (TPSA) is 58.6 Å². The largest absolute Gasteiger partial charge is 0.496 e. The average molecular weight is 515 g/mol. The highest BCUT2D eigenvalue weighted by atomic mass is 79.9. The first kappa shape index (κ1) is 22.9. The predicted molar refractivity (Wildman–Crippen MR) is 133 cm³/mol. The smallest absolute Gasteiger partial charge is 0.265 e. The van der Waals surface area contributed by atoms with Crippen LogP contribution in [-0.2, 0) is 9.59 Å². The van der Waals surface area contributed by atoms with Crippen molar-refractivity contribution in [2.75, 3.05) is 18.6 Å². The summed E-state index contributed by atoms with van der Waals surface area (Å²) in [6.45, 7) is 2.28. The number of benzene rings is 2. The zero-order valence-electron chi connectivity index (χ0n) is 18.3. The van der Waals surface area contributed by atoms with Crippen molar-refractivity contribution in [2.24, 2.45) is 5.92 Å². The highest BCUT2D eigenvalue weighted by Crippen LogP contribution is 2.42. The van der Waals surface area contributed by atoms with Crippen LogP contribution in [0.4, 0.5) is 5.69 Å². The highest BCUT2D eigenvalue weighted by Gasteiger charge is 2.31. The number of ether oxygens (including phenoxy) is 1. The molecule has 1 aliphatic heterocycles. The van der Waals surface area contributed by atoms with Gasteiger partial charge in [0.2, 0.25) is 5.91 Å². The maximum Gasteiger partial charge on any atom is 0.265 e. The third-order valence-corrected chi connectivity index (χ3v) is 7.69. The molecule has 0 bridgehead atoms. The Morgan fingerprint density at radius 2 is 1.97 bits per heavy atom. The second-order valence-corrected chi connectivity index (χ2v) is 10.3. The molecular weight excluding hydrogens is 488 g/mol. The number of rotatable bonds is 5. The van der Waals surface area contributed by atoms with E-state index < -0.39 is 0 Å². The zero-order chi connectivity index (χ0) is 22.7. The maximum absolute atomic E-state index is 13.4. The number of methoxy groups -OCH3 is 1. The molecule has 5 nitrogen and oxygen atoms in total. The van der Waals surface area contributed by atoms with Gasteiger partial charge >= 0.3 is 0 Å². The molecule has 4 rings (SSSR count). The summed E-state index contributed by atoms with van der Waals surface area (Å²) in [6, 6.07) is 13.6. The summed E-state index contributed by atoms with van der Waals surface area (Å²) in [7, 11) is 1.62. The lowest BCUT2D eigenvalue weighted by molar-refractivity contribution is -0.123. The lowest BCUT2D eigenvalue weighted by Crippen LogP contribution is -2.46. The van der Waals surface area contributed by atoms with E-state index in [4.69, 9.17) is 4.74 Å². The van der Waals surface area contributed by atoms with Crippen LogP contribution in [0.25, 0.3) is 6.08 Å². The molecule has 168 valence electrons. The number of nitrogens with one attached hydrogen (secondary N) is 1. The van der Waals surface area contributed by atoms with Gasteiger partial charge in [-0.25, -0.2) is 0 Å². The molecule has 1 fully saturated rings. The molecule has 0 atom stereocenters. The monoisotopic (exact) mass is 514 g/mol. The predicted octanol–water partition coefficient (Wildman–Crippen LogP) is 5.63. The van der Waals surface area contributed by atoms with Gasteiger partial charge in [0.25, 0.3) is 5.91 Å². The Morgan fingerprint density at radius 1 is 1.22 bits per heavy atom. The lowest BCUT2D eigenvalue weighted by Gasteiger charge is -2.31. The van der Waals surface area contributed by atoms with E-state index in [0.717, 1.165) is 58.0 Å². The summed E-state index contributed by atoms with van der Waals surface area (Å²) in [5.41, 5.74) is 1.66. The number of carbonyl (C=O) groups is 2. The number of halogens is 1. The Labute approximate surface area is 201 Å². The summed E-state index contributed by atoms with van der Waals surface area (Å²) >= 11 is 4.93. The number of anilines is 1. The zero-order valence-corrected chi connectivity index (χ0v) is 20.7. The highest BCUT2D eigenvalue weighted by molar-refractivity contribution is 9.10. The summed E-state index contributed by atoms with van der Waals surface area (Å²) in [5.74, 6) is 1.19. The molecule has 2 amide bonds. The van der Waals surface area contributed by atoms with E-state index in [-0.39, 0.29) is 24.4 Å². The van der Waals surface area contributed by atoms with Gasteiger partial charge in [-0.3, -0.25) is 14.5 Å². The van der Waals surface area contributed by atoms with Crippen molar-refractivity contribution in [1.29, 1.82) is 0 Å². The molecule has 1 saturated carbocycles. The van der Waals surface area contributed by atoms with E-state index in [9.17, 15) is 9.59 Å². The van der Waals surface area contributed by atoms with Crippen LogP contribution in [0, 0.1) is 5.92 Å². The average Bonchev–Trinajstić information content (AvgIpc) is 2.78. The molecule has 7 heteroatoms. The molecule has 0 radical (unpaired) electrons. The minimum atomic E-state index is -0.159. The number of hydrogen-bond acceptors (Lipinski definition) is 4. The van der Waals surface area contributed by atoms with Crippen LogP contribution in [0.2, 0.25) is 0 Å². The minimum Gasteiger partial charge on any atom is -0.496 e. The summed E-state index contributed by atoms with van der Waals surface area (Å²) in [4.78, 5) is 29.4. The van der Waals surface area contributed by atoms with Crippen molar-refractivity contribution in [2.45, 2.75) is 43.5 Å². The van der Waals surface area contributed by atoms with Crippen molar-refractivity contribution in [3.8, 4) is 5.75 Å². The maximum atomic E-state index is 13.4. The number of hydrogen-bond donors (Lipinski definition) is 1. The molecule has 1 aliphatic carbocycles. The first-order chi connectivity index (χ1) is 15.4. The fraction of sp³-hybridized carbons (Fsp3) is 0.360. The quantitative estimate of drug-likeness (QED) is 0.525. The van der Waals surface area contributed by atoms with Crippen LogP contribution in [0.15, 0.2) is 56.7 Å². The number of thioether (sulfide) groups is 1. The van der Waals surface area contributed by atoms with E-state index >= 15 is 0 Å². The van der Waals surface area contributed by atoms with Gasteiger partial charge in [0, 0.05) is 10.9 Å². The van der Waals surface area contributed by atoms with E-state index in [2.05, 4.69) is 28.2 Å².